The summed E-state index contributed by atoms with van der Waals surface area (Å²) >= 11 is 1.66. The van der Waals surface area contributed by atoms with Crippen molar-refractivity contribution in [2.75, 3.05) is 6.61 Å². The van der Waals surface area contributed by atoms with Gasteiger partial charge in [-0.1, -0.05) is 0 Å². The maximum Gasteiger partial charge on any atom is 0.336 e. The molecule has 0 atom stereocenters. The van der Waals surface area contributed by atoms with Crippen LogP contribution in [0.5, 0.6) is 5.75 Å². The predicted octanol–water partition coefficient (Wildman–Crippen LogP) is 2.13. The average Bonchev–Trinajstić information content (AvgIpc) is 2.25. The van der Waals surface area contributed by atoms with Crippen molar-refractivity contribution in [3.8, 4) is 5.75 Å². The van der Waals surface area contributed by atoms with Gasteiger partial charge < -0.3 is 9.15 Å². The minimum atomic E-state index is -0.408. The van der Waals surface area contributed by atoms with Crippen LogP contribution in [0.15, 0.2) is 39.5 Å². The zero-order chi connectivity index (χ0) is 11.5. The molecule has 4 nitrogen and oxygen atoms in total. The topological polar surface area (TPSA) is 56.5 Å². The van der Waals surface area contributed by atoms with Gasteiger partial charge in [0.05, 0.1) is 0 Å². The molecule has 1 aromatic heterocycles. The lowest BCUT2D eigenvalue weighted by Crippen LogP contribution is -2.03. The number of carbonyl (C=O) groups is 1. The summed E-state index contributed by atoms with van der Waals surface area (Å²) < 4.78 is 10.1. The van der Waals surface area contributed by atoms with E-state index in [1.54, 1.807) is 46.9 Å². The molecule has 0 saturated carbocycles. The summed E-state index contributed by atoms with van der Waals surface area (Å²) in [5.41, 5.74) is 0.0422. The van der Waals surface area contributed by atoms with Gasteiger partial charge in [-0.3, -0.25) is 4.79 Å². The molecule has 16 heavy (non-hydrogen) atoms. The van der Waals surface area contributed by atoms with Crippen molar-refractivity contribution in [1.82, 2.24) is 0 Å². The molecule has 0 spiro atoms. The van der Waals surface area contributed by atoms with Crippen LogP contribution in [0.2, 0.25) is 0 Å². The molecule has 2 aromatic rings. The molecule has 1 aromatic carbocycles. The van der Waals surface area contributed by atoms with Crippen LogP contribution < -0.4 is 10.4 Å². The Kier molecular flexibility index (Phi) is 3.23. The van der Waals surface area contributed by atoms with Crippen molar-refractivity contribution in [3.05, 3.63) is 40.8 Å². The minimum absolute atomic E-state index is 0.00311. The molecule has 0 aliphatic carbocycles. The van der Waals surface area contributed by atoms with Gasteiger partial charge >= 0.3 is 5.63 Å². The van der Waals surface area contributed by atoms with Crippen molar-refractivity contribution in [3.63, 3.8) is 0 Å². The maximum absolute atomic E-state index is 11.0. The highest BCUT2D eigenvalue weighted by molar-refractivity contribution is 14.1. The minimum Gasteiger partial charge on any atom is -0.485 e. The van der Waals surface area contributed by atoms with E-state index in [-0.39, 0.29) is 10.4 Å². The first-order chi connectivity index (χ1) is 7.65. The zero-order valence-corrected chi connectivity index (χ0v) is 10.3. The molecule has 0 bridgehead atoms. The number of ether oxygens (including phenoxy) is 1. The molecule has 0 unspecified atom stereocenters. The van der Waals surface area contributed by atoms with Crippen molar-refractivity contribution in [2.45, 2.75) is 0 Å². The fourth-order valence-electron chi connectivity index (χ4n) is 1.27. The maximum atomic E-state index is 11.0. The van der Waals surface area contributed by atoms with Crippen LogP contribution in [-0.4, -0.2) is 10.4 Å². The standard InChI is InChI=1S/C11H7IO4/c12-10(13)6-15-8-3-1-7-2-4-11(14)16-9(7)5-8/h1-5H,6H2. The second-order valence-corrected chi connectivity index (χ2v) is 4.30. The second kappa shape index (κ2) is 4.65. The smallest absolute Gasteiger partial charge is 0.336 e. The highest BCUT2D eigenvalue weighted by Gasteiger charge is 2.01. The van der Waals surface area contributed by atoms with E-state index in [4.69, 9.17) is 9.15 Å². The largest absolute Gasteiger partial charge is 0.485 e. The van der Waals surface area contributed by atoms with Crippen LogP contribution in [0.4, 0.5) is 0 Å². The first-order valence-electron chi connectivity index (χ1n) is 4.50. The van der Waals surface area contributed by atoms with Crippen molar-refractivity contribution < 1.29 is 13.9 Å². The monoisotopic (exact) mass is 330 g/mol. The van der Waals surface area contributed by atoms with Gasteiger partial charge in [-0.15, -0.1) is 0 Å². The molecule has 1 heterocycles. The van der Waals surface area contributed by atoms with Crippen LogP contribution in [-0.2, 0) is 4.79 Å². The number of benzene rings is 1. The van der Waals surface area contributed by atoms with Crippen molar-refractivity contribution >= 4 is 37.4 Å². The van der Waals surface area contributed by atoms with Crippen LogP contribution >= 0.6 is 22.6 Å². The molecule has 0 fully saturated rings. The fourth-order valence-corrected chi connectivity index (χ4v) is 1.43. The van der Waals surface area contributed by atoms with Gasteiger partial charge in [0.15, 0.2) is 6.61 Å². The molecule has 0 N–H and O–H groups in total. The summed E-state index contributed by atoms with van der Waals surface area (Å²) in [4.78, 5) is 21.7. The van der Waals surface area contributed by atoms with Gasteiger partial charge in [0.25, 0.3) is 0 Å². The fraction of sp³-hybridized carbons (Fsp3) is 0.0909. The van der Waals surface area contributed by atoms with E-state index in [1.165, 1.54) is 6.07 Å². The lowest BCUT2D eigenvalue weighted by Gasteiger charge is -2.03. The highest BCUT2D eigenvalue weighted by atomic mass is 127. The molecule has 0 radical (unpaired) electrons. The number of fused-ring (bicyclic) bond motifs is 1. The SMILES string of the molecule is O=C(I)COc1ccc2ccc(=O)oc2c1. The molecular formula is C11H7IO4. The molecule has 0 amide bonds. The van der Waals surface area contributed by atoms with E-state index in [1.807, 2.05) is 0 Å². The van der Waals surface area contributed by atoms with Crippen molar-refractivity contribution in [1.29, 1.82) is 0 Å². The third-order valence-corrected chi connectivity index (χ3v) is 2.26. The van der Waals surface area contributed by atoms with E-state index >= 15 is 0 Å². The second-order valence-electron chi connectivity index (χ2n) is 3.10. The Hall–Kier alpha value is -1.37. The summed E-state index contributed by atoms with van der Waals surface area (Å²) in [5, 5.41) is 0.813. The Balaban J connectivity index is 2.35. The highest BCUT2D eigenvalue weighted by Crippen LogP contribution is 2.19. The van der Waals surface area contributed by atoms with Gasteiger partial charge in [-0.25, -0.2) is 4.79 Å². The van der Waals surface area contributed by atoms with Crippen LogP contribution in [0.3, 0.4) is 0 Å². The summed E-state index contributed by atoms with van der Waals surface area (Å²) in [6.07, 6.45) is 0. The number of hydrogen-bond acceptors (Lipinski definition) is 4. The van der Waals surface area contributed by atoms with Crippen LogP contribution in [0.25, 0.3) is 11.0 Å². The number of carbonyl (C=O) groups excluding carboxylic acids is 1. The Morgan fingerprint density at radius 1 is 1.31 bits per heavy atom. The molecular weight excluding hydrogens is 323 g/mol. The summed E-state index contributed by atoms with van der Waals surface area (Å²) in [7, 11) is 0. The summed E-state index contributed by atoms with van der Waals surface area (Å²) in [6.45, 7) is 0.00311. The average molecular weight is 330 g/mol. The predicted molar refractivity (Wildman–Crippen MR) is 67.0 cm³/mol. The first-order valence-corrected chi connectivity index (χ1v) is 5.58. The lowest BCUT2D eigenvalue weighted by molar-refractivity contribution is -0.111. The van der Waals surface area contributed by atoms with Crippen LogP contribution in [0, 0.1) is 0 Å². The Bertz CT molecular complexity index is 588. The third kappa shape index (κ3) is 2.60. The lowest BCUT2D eigenvalue weighted by atomic mass is 10.2. The van der Waals surface area contributed by atoms with E-state index in [9.17, 15) is 9.59 Å². The van der Waals surface area contributed by atoms with Gasteiger partial charge in [0.1, 0.15) is 11.3 Å². The van der Waals surface area contributed by atoms with Crippen molar-refractivity contribution in [2.24, 2.45) is 0 Å². The van der Waals surface area contributed by atoms with Gasteiger partial charge in [-0.2, -0.15) is 0 Å². The summed E-state index contributed by atoms with van der Waals surface area (Å²) in [5.74, 6) is 0.506. The van der Waals surface area contributed by atoms with E-state index in [0.29, 0.717) is 11.3 Å². The normalized spacial score (nSPS) is 10.3. The van der Waals surface area contributed by atoms with E-state index in [2.05, 4.69) is 0 Å². The van der Waals surface area contributed by atoms with Gasteiger partial charge in [0.2, 0.25) is 3.79 Å². The molecule has 2 rings (SSSR count). The van der Waals surface area contributed by atoms with E-state index < -0.39 is 5.63 Å². The van der Waals surface area contributed by atoms with Gasteiger partial charge in [0, 0.05) is 40.1 Å². The molecule has 0 aliphatic heterocycles. The molecule has 0 saturated heterocycles. The Morgan fingerprint density at radius 3 is 2.81 bits per heavy atom. The Morgan fingerprint density at radius 2 is 2.06 bits per heavy atom. The first kappa shape index (κ1) is 11.1. The quantitative estimate of drug-likeness (QED) is 0.492. The Labute approximate surface area is 104 Å². The number of rotatable bonds is 3. The molecule has 0 aliphatic rings. The third-order valence-electron chi connectivity index (χ3n) is 1.95. The molecule has 5 heteroatoms. The number of hydrogen-bond donors (Lipinski definition) is 0. The van der Waals surface area contributed by atoms with Crippen LogP contribution in [0.1, 0.15) is 0 Å². The zero-order valence-electron chi connectivity index (χ0n) is 8.10. The number of halogens is 1. The van der Waals surface area contributed by atoms with Gasteiger partial charge in [-0.05, 0) is 18.2 Å². The molecule has 82 valence electrons. The van der Waals surface area contributed by atoms with E-state index in [0.717, 1.165) is 5.39 Å². The summed E-state index contributed by atoms with van der Waals surface area (Å²) in [6, 6.07) is 8.12.